The Labute approximate surface area is 122 Å². The van der Waals surface area contributed by atoms with Crippen LogP contribution in [0.1, 0.15) is 13.3 Å². The van der Waals surface area contributed by atoms with Gasteiger partial charge in [-0.05, 0) is 34.0 Å². The van der Waals surface area contributed by atoms with Crippen LogP contribution in [0.2, 0.25) is 0 Å². The second-order valence-corrected chi connectivity index (χ2v) is 3.78. The van der Waals surface area contributed by atoms with Gasteiger partial charge in [-0.25, -0.2) is 0 Å². The fourth-order valence-corrected chi connectivity index (χ4v) is 1.21. The lowest BCUT2D eigenvalue weighted by atomic mass is 10.4. The first-order valence-corrected chi connectivity index (χ1v) is 5.87. The van der Waals surface area contributed by atoms with Gasteiger partial charge < -0.3 is 20.3 Å². The minimum atomic E-state index is 0. The van der Waals surface area contributed by atoms with Crippen molar-refractivity contribution >= 4 is 29.9 Å². The molecular formula is C11H27IN4O. The molecule has 0 bridgehead atoms. The number of nitrogens with one attached hydrogen (secondary N) is 2. The third-order valence-corrected chi connectivity index (χ3v) is 2.04. The molecule has 0 atom stereocenters. The summed E-state index contributed by atoms with van der Waals surface area (Å²) in [4.78, 5) is 6.30. The second kappa shape index (κ2) is 14.0. The van der Waals surface area contributed by atoms with Crippen molar-refractivity contribution in [2.24, 2.45) is 4.99 Å². The van der Waals surface area contributed by atoms with Crippen LogP contribution in [0.25, 0.3) is 0 Å². The molecule has 0 radical (unpaired) electrons. The highest BCUT2D eigenvalue weighted by atomic mass is 127. The molecule has 0 aromatic carbocycles. The van der Waals surface area contributed by atoms with Crippen molar-refractivity contribution in [3.8, 4) is 0 Å². The van der Waals surface area contributed by atoms with Crippen LogP contribution < -0.4 is 10.6 Å². The molecule has 0 fully saturated rings. The van der Waals surface area contributed by atoms with E-state index in [-0.39, 0.29) is 24.0 Å². The number of ether oxygens (including phenoxy) is 1. The van der Waals surface area contributed by atoms with E-state index in [0.717, 1.165) is 45.2 Å². The lowest BCUT2D eigenvalue weighted by molar-refractivity contribution is 0.152. The Morgan fingerprint density at radius 2 is 1.88 bits per heavy atom. The smallest absolute Gasteiger partial charge is 0.191 e. The number of halogens is 1. The molecule has 104 valence electrons. The van der Waals surface area contributed by atoms with Crippen LogP contribution in [-0.2, 0) is 4.74 Å². The molecule has 0 rings (SSSR count). The quantitative estimate of drug-likeness (QED) is 0.291. The van der Waals surface area contributed by atoms with Crippen LogP contribution in [0.3, 0.4) is 0 Å². The van der Waals surface area contributed by atoms with Crippen molar-refractivity contribution in [2.45, 2.75) is 13.3 Å². The van der Waals surface area contributed by atoms with Gasteiger partial charge in [0.05, 0.1) is 6.61 Å². The maximum atomic E-state index is 5.23. The van der Waals surface area contributed by atoms with Gasteiger partial charge in [0.1, 0.15) is 0 Å². The van der Waals surface area contributed by atoms with Gasteiger partial charge in [0.2, 0.25) is 0 Å². The normalized spacial score (nSPS) is 11.2. The lowest BCUT2D eigenvalue weighted by Gasteiger charge is -2.13. The Hall–Kier alpha value is -0.0800. The first-order valence-electron chi connectivity index (χ1n) is 5.87. The molecule has 6 heteroatoms. The number of guanidine groups is 1. The van der Waals surface area contributed by atoms with Crippen molar-refractivity contribution in [3.05, 3.63) is 0 Å². The maximum absolute atomic E-state index is 5.23. The zero-order valence-corrected chi connectivity index (χ0v) is 13.8. The summed E-state index contributed by atoms with van der Waals surface area (Å²) in [6.45, 7) is 6.29. The highest BCUT2D eigenvalue weighted by molar-refractivity contribution is 14.0. The summed E-state index contributed by atoms with van der Waals surface area (Å²) in [7, 11) is 5.94. The molecular weight excluding hydrogens is 331 g/mol. The van der Waals surface area contributed by atoms with E-state index in [9.17, 15) is 0 Å². The van der Waals surface area contributed by atoms with E-state index < -0.39 is 0 Å². The fraction of sp³-hybridized carbons (Fsp3) is 0.909. The molecule has 0 saturated carbocycles. The van der Waals surface area contributed by atoms with Gasteiger partial charge >= 0.3 is 0 Å². The number of aliphatic imine (C=N–C) groups is 1. The first-order chi connectivity index (χ1) is 7.70. The largest absolute Gasteiger partial charge is 0.380 e. The monoisotopic (exact) mass is 358 g/mol. The number of hydrogen-bond donors (Lipinski definition) is 2. The van der Waals surface area contributed by atoms with Gasteiger partial charge in [-0.15, -0.1) is 24.0 Å². The lowest BCUT2D eigenvalue weighted by Crippen LogP contribution is -2.39. The zero-order valence-electron chi connectivity index (χ0n) is 11.5. The van der Waals surface area contributed by atoms with Crippen molar-refractivity contribution in [1.29, 1.82) is 0 Å². The highest BCUT2D eigenvalue weighted by Crippen LogP contribution is 1.81. The summed E-state index contributed by atoms with van der Waals surface area (Å²) < 4.78 is 5.23. The molecule has 0 amide bonds. The highest BCUT2D eigenvalue weighted by Gasteiger charge is 1.96. The molecule has 0 aliphatic rings. The minimum absolute atomic E-state index is 0. The molecule has 17 heavy (non-hydrogen) atoms. The Morgan fingerprint density at radius 3 is 2.41 bits per heavy atom. The van der Waals surface area contributed by atoms with Crippen molar-refractivity contribution in [3.63, 3.8) is 0 Å². The van der Waals surface area contributed by atoms with Gasteiger partial charge in [0.15, 0.2) is 5.96 Å². The van der Waals surface area contributed by atoms with Crippen molar-refractivity contribution in [2.75, 3.05) is 54.0 Å². The van der Waals surface area contributed by atoms with Gasteiger partial charge in [0, 0.05) is 26.7 Å². The summed E-state index contributed by atoms with van der Waals surface area (Å²) in [5, 5.41) is 6.45. The Balaban J connectivity index is 0. The topological polar surface area (TPSA) is 48.9 Å². The summed E-state index contributed by atoms with van der Waals surface area (Å²) in [5.74, 6) is 0.846. The van der Waals surface area contributed by atoms with Crippen LogP contribution in [0, 0.1) is 0 Å². The minimum Gasteiger partial charge on any atom is -0.380 e. The van der Waals surface area contributed by atoms with Crippen LogP contribution in [0.5, 0.6) is 0 Å². The van der Waals surface area contributed by atoms with E-state index in [1.165, 1.54) is 0 Å². The summed E-state index contributed by atoms with van der Waals surface area (Å²) in [6, 6.07) is 0. The zero-order chi connectivity index (χ0) is 12.2. The second-order valence-electron chi connectivity index (χ2n) is 3.78. The SMILES string of the molecule is CCOCCNC(=NC)NCCCN(C)C.I. The molecule has 0 aliphatic carbocycles. The van der Waals surface area contributed by atoms with Crippen LogP contribution in [0.15, 0.2) is 4.99 Å². The van der Waals surface area contributed by atoms with Gasteiger partial charge in [0.25, 0.3) is 0 Å². The Morgan fingerprint density at radius 1 is 1.24 bits per heavy atom. The van der Waals surface area contributed by atoms with Gasteiger partial charge in [-0.2, -0.15) is 0 Å². The third kappa shape index (κ3) is 13.9. The molecule has 0 heterocycles. The molecule has 0 aliphatic heterocycles. The van der Waals surface area contributed by atoms with Crippen LogP contribution in [0.4, 0.5) is 0 Å². The molecule has 5 nitrogen and oxygen atoms in total. The van der Waals surface area contributed by atoms with E-state index in [1.807, 2.05) is 6.92 Å². The van der Waals surface area contributed by atoms with Crippen LogP contribution >= 0.6 is 24.0 Å². The maximum Gasteiger partial charge on any atom is 0.191 e. The van der Waals surface area contributed by atoms with Crippen LogP contribution in [-0.4, -0.2) is 64.9 Å². The van der Waals surface area contributed by atoms with E-state index in [1.54, 1.807) is 7.05 Å². The number of nitrogens with zero attached hydrogens (tertiary/aromatic N) is 2. The van der Waals surface area contributed by atoms with Gasteiger partial charge in [-0.1, -0.05) is 0 Å². The predicted octanol–water partition coefficient (Wildman–Crippen LogP) is 0.758. The third-order valence-electron chi connectivity index (χ3n) is 2.04. The van der Waals surface area contributed by atoms with Crippen molar-refractivity contribution < 1.29 is 4.74 Å². The summed E-state index contributed by atoms with van der Waals surface area (Å²) in [6.07, 6.45) is 1.11. The molecule has 0 spiro atoms. The first kappa shape index (κ1) is 19.3. The van der Waals surface area contributed by atoms with E-state index >= 15 is 0 Å². The van der Waals surface area contributed by atoms with E-state index in [0.29, 0.717) is 0 Å². The number of hydrogen-bond acceptors (Lipinski definition) is 3. The fourth-order valence-electron chi connectivity index (χ4n) is 1.21. The molecule has 2 N–H and O–H groups in total. The standard InChI is InChI=1S/C11H26N4O.HI/c1-5-16-10-8-14-11(12-2)13-7-6-9-15(3)4;/h5-10H2,1-4H3,(H2,12,13,14);1H. The van der Waals surface area contributed by atoms with Gasteiger partial charge in [-0.3, -0.25) is 4.99 Å². The summed E-state index contributed by atoms with van der Waals surface area (Å²) >= 11 is 0. The average Bonchev–Trinajstić information content (AvgIpc) is 2.26. The molecule has 0 aromatic rings. The number of rotatable bonds is 8. The van der Waals surface area contributed by atoms with Crippen molar-refractivity contribution in [1.82, 2.24) is 15.5 Å². The predicted molar refractivity (Wildman–Crippen MR) is 84.4 cm³/mol. The summed E-state index contributed by atoms with van der Waals surface area (Å²) in [5.41, 5.74) is 0. The Bertz CT molecular complexity index is 188. The van der Waals surface area contributed by atoms with E-state index in [4.69, 9.17) is 4.74 Å². The van der Waals surface area contributed by atoms with E-state index in [2.05, 4.69) is 34.6 Å². The Kier molecular flexibility index (Phi) is 15.8. The molecule has 0 saturated heterocycles. The molecule has 0 aromatic heterocycles. The molecule has 0 unspecified atom stereocenters. The average molecular weight is 358 g/mol.